The first-order chi connectivity index (χ1) is 32.2. The van der Waals surface area contributed by atoms with Crippen LogP contribution in [0.1, 0.15) is 68.4 Å². The van der Waals surface area contributed by atoms with E-state index in [-0.39, 0.29) is 10.8 Å². The summed E-state index contributed by atoms with van der Waals surface area (Å²) >= 11 is 0. The first-order valence-corrected chi connectivity index (χ1v) is 22.9. The average molecular weight is 849 g/mol. The van der Waals surface area contributed by atoms with Gasteiger partial charge >= 0.3 is 0 Å². The second-order valence-corrected chi connectivity index (χ2v) is 18.6. The molecule has 316 valence electrons. The average Bonchev–Trinajstić information content (AvgIpc) is 3.37. The maximum Gasteiger partial charge on any atom is 0.101 e. The Morgan fingerprint density at radius 3 is 1.24 bits per heavy atom. The lowest BCUT2D eigenvalue weighted by molar-refractivity contribution is 0.603. The molecule has 0 N–H and O–H groups in total. The van der Waals surface area contributed by atoms with E-state index >= 15 is 0 Å². The molecule has 3 aliphatic rings. The van der Waals surface area contributed by atoms with E-state index < -0.39 is 0 Å². The van der Waals surface area contributed by atoms with E-state index in [0.717, 1.165) is 80.1 Å². The molecule has 0 aromatic heterocycles. The van der Waals surface area contributed by atoms with E-state index in [9.17, 15) is 10.5 Å². The number of para-hydroxylation sites is 3. The van der Waals surface area contributed by atoms with E-state index in [4.69, 9.17) is 0 Å². The summed E-state index contributed by atoms with van der Waals surface area (Å²) in [6.45, 7) is 9.25. The van der Waals surface area contributed by atoms with Crippen molar-refractivity contribution in [3.8, 4) is 56.6 Å². The standard InChI is InChI=1S/C62H48N4/c1-61(2)49-23-11-15-27-53(49)65(54-28-16-12-24-50(54)61)45-35-31-43(32-36-45)57-47(39-63)48(40-64)58(60(42-21-9-6-10-22-42)59(57)41-19-7-5-8-20-41)44-33-37-46(38-34-44)66-55-29-17-13-25-51(55)62(3,4)52-26-14-18-30-56(52)66/h5-17,19-29,31-38H,18,30H2,1-4H3. The molecule has 0 saturated carbocycles. The summed E-state index contributed by atoms with van der Waals surface area (Å²) in [5.74, 6) is 0. The fraction of sp³-hybridized carbons (Fsp3) is 0.129. The lowest BCUT2D eigenvalue weighted by Crippen LogP contribution is -2.34. The van der Waals surface area contributed by atoms with Gasteiger partial charge in [0.1, 0.15) is 12.1 Å². The number of fused-ring (bicyclic) bond motifs is 3. The Kier molecular flexibility index (Phi) is 9.72. The predicted molar refractivity (Wildman–Crippen MR) is 271 cm³/mol. The smallest absolute Gasteiger partial charge is 0.101 e. The van der Waals surface area contributed by atoms with Crippen LogP contribution in [0, 0.1) is 22.7 Å². The van der Waals surface area contributed by atoms with Crippen LogP contribution in [0.3, 0.4) is 0 Å². The monoisotopic (exact) mass is 848 g/mol. The Labute approximate surface area is 388 Å². The Morgan fingerprint density at radius 2 is 0.788 bits per heavy atom. The van der Waals surface area contributed by atoms with Gasteiger partial charge in [-0.05, 0) is 111 Å². The maximum atomic E-state index is 11.4. The van der Waals surface area contributed by atoms with Crippen LogP contribution in [0.4, 0.5) is 28.4 Å². The first kappa shape index (κ1) is 40.6. The maximum absolute atomic E-state index is 11.4. The molecule has 11 rings (SSSR count). The van der Waals surface area contributed by atoms with Crippen molar-refractivity contribution >= 4 is 28.4 Å². The van der Waals surface area contributed by atoms with E-state index in [1.807, 2.05) is 36.4 Å². The minimum atomic E-state index is -0.177. The summed E-state index contributed by atoms with van der Waals surface area (Å²) in [5, 5.41) is 22.7. The van der Waals surface area contributed by atoms with Gasteiger partial charge in [0.05, 0.1) is 22.5 Å². The predicted octanol–water partition coefficient (Wildman–Crippen LogP) is 16.2. The van der Waals surface area contributed by atoms with Gasteiger partial charge in [-0.15, -0.1) is 0 Å². The van der Waals surface area contributed by atoms with Gasteiger partial charge in [-0.1, -0.05) is 179 Å². The molecule has 1 aliphatic carbocycles. The van der Waals surface area contributed by atoms with Crippen LogP contribution in [0.5, 0.6) is 0 Å². The number of hydrogen-bond acceptors (Lipinski definition) is 4. The molecule has 0 fully saturated rings. The summed E-state index contributed by atoms with van der Waals surface area (Å²) < 4.78 is 0. The summed E-state index contributed by atoms with van der Waals surface area (Å²) in [7, 11) is 0. The third kappa shape index (κ3) is 6.25. The highest BCUT2D eigenvalue weighted by Crippen LogP contribution is 2.55. The van der Waals surface area contributed by atoms with E-state index in [1.165, 1.54) is 33.6 Å². The second kappa shape index (κ2) is 15.8. The van der Waals surface area contributed by atoms with Gasteiger partial charge in [0.15, 0.2) is 0 Å². The summed E-state index contributed by atoms with van der Waals surface area (Å²) in [4.78, 5) is 4.77. The fourth-order valence-corrected chi connectivity index (χ4v) is 11.1. The molecule has 2 heterocycles. The van der Waals surface area contributed by atoms with Crippen LogP contribution in [-0.2, 0) is 10.8 Å². The third-order valence-electron chi connectivity index (χ3n) is 14.2. The minimum absolute atomic E-state index is 0.128. The number of nitriles is 2. The molecule has 8 aromatic rings. The Balaban J connectivity index is 1.12. The largest absolute Gasteiger partial charge is 0.314 e. The molecule has 0 unspecified atom stereocenters. The van der Waals surface area contributed by atoms with Crippen molar-refractivity contribution in [1.82, 2.24) is 0 Å². The SMILES string of the molecule is CC1(C)C2=C(CCC=C2)N(c2ccc(-c3c(C#N)c(C#N)c(-c4ccc(N5c6ccccc6C(C)(C)c6ccccc65)cc4)c(-c4ccccc4)c3-c3ccccc3)cc2)c2ccccc21. The molecule has 0 radical (unpaired) electrons. The van der Waals surface area contributed by atoms with Gasteiger partial charge in [0, 0.05) is 44.7 Å². The number of nitrogens with zero attached hydrogens (tertiary/aromatic N) is 4. The summed E-state index contributed by atoms with van der Waals surface area (Å²) in [6, 6.07) is 69.1. The molecule has 0 amide bonds. The molecule has 0 saturated heterocycles. The topological polar surface area (TPSA) is 54.1 Å². The Morgan fingerprint density at radius 1 is 0.409 bits per heavy atom. The molecule has 0 spiro atoms. The van der Waals surface area contributed by atoms with Crippen LogP contribution in [0.15, 0.2) is 205 Å². The van der Waals surface area contributed by atoms with E-state index in [2.05, 4.69) is 207 Å². The van der Waals surface area contributed by atoms with E-state index in [1.54, 1.807) is 0 Å². The van der Waals surface area contributed by atoms with Crippen LogP contribution in [0.25, 0.3) is 44.5 Å². The number of hydrogen-bond donors (Lipinski definition) is 0. The minimum Gasteiger partial charge on any atom is -0.314 e. The van der Waals surface area contributed by atoms with Gasteiger partial charge in [0.25, 0.3) is 0 Å². The van der Waals surface area contributed by atoms with E-state index in [0.29, 0.717) is 11.1 Å². The van der Waals surface area contributed by atoms with Crippen LogP contribution in [0.2, 0.25) is 0 Å². The summed E-state index contributed by atoms with van der Waals surface area (Å²) in [6.07, 6.45) is 6.56. The molecule has 0 atom stereocenters. The molecule has 2 aliphatic heterocycles. The van der Waals surface area contributed by atoms with Crippen molar-refractivity contribution in [2.24, 2.45) is 0 Å². The first-order valence-electron chi connectivity index (χ1n) is 22.9. The fourth-order valence-electron chi connectivity index (χ4n) is 11.1. The Bertz CT molecular complexity index is 3310. The molecular weight excluding hydrogens is 801 g/mol. The lowest BCUT2D eigenvalue weighted by atomic mass is 9.71. The zero-order valence-corrected chi connectivity index (χ0v) is 37.7. The number of benzene rings is 8. The van der Waals surface area contributed by atoms with Gasteiger partial charge in [-0.2, -0.15) is 10.5 Å². The number of rotatable bonds is 6. The van der Waals surface area contributed by atoms with Crippen molar-refractivity contribution < 1.29 is 0 Å². The highest BCUT2D eigenvalue weighted by molar-refractivity contribution is 6.06. The third-order valence-corrected chi connectivity index (χ3v) is 14.2. The molecule has 0 bridgehead atoms. The van der Waals surface area contributed by atoms with Crippen molar-refractivity contribution in [2.75, 3.05) is 9.80 Å². The zero-order chi connectivity index (χ0) is 45.2. The zero-order valence-electron chi connectivity index (χ0n) is 37.7. The molecule has 4 nitrogen and oxygen atoms in total. The number of anilines is 5. The Hall–Kier alpha value is -8.18. The van der Waals surface area contributed by atoms with Crippen LogP contribution >= 0.6 is 0 Å². The van der Waals surface area contributed by atoms with Gasteiger partial charge < -0.3 is 9.80 Å². The quantitative estimate of drug-likeness (QED) is 0.167. The highest BCUT2D eigenvalue weighted by Gasteiger charge is 2.39. The second-order valence-electron chi connectivity index (χ2n) is 18.6. The summed E-state index contributed by atoms with van der Waals surface area (Å²) in [5.41, 5.74) is 19.4. The van der Waals surface area contributed by atoms with Crippen LogP contribution in [-0.4, -0.2) is 0 Å². The van der Waals surface area contributed by atoms with Gasteiger partial charge in [0.2, 0.25) is 0 Å². The molecule has 66 heavy (non-hydrogen) atoms. The van der Waals surface area contributed by atoms with Crippen molar-refractivity contribution in [3.05, 3.63) is 233 Å². The molecule has 8 aromatic carbocycles. The molecular formula is C62H48N4. The normalized spacial score (nSPS) is 15.2. The van der Waals surface area contributed by atoms with Crippen molar-refractivity contribution in [1.29, 1.82) is 10.5 Å². The van der Waals surface area contributed by atoms with Crippen molar-refractivity contribution in [2.45, 2.75) is 51.4 Å². The lowest BCUT2D eigenvalue weighted by Gasteiger charge is -2.44. The van der Waals surface area contributed by atoms with Crippen LogP contribution < -0.4 is 9.80 Å². The highest BCUT2D eigenvalue weighted by atomic mass is 15.2. The molecule has 4 heteroatoms. The number of allylic oxidation sites excluding steroid dienone is 4. The van der Waals surface area contributed by atoms with Crippen molar-refractivity contribution in [3.63, 3.8) is 0 Å². The van der Waals surface area contributed by atoms with Gasteiger partial charge in [-0.25, -0.2) is 0 Å². The van der Waals surface area contributed by atoms with Gasteiger partial charge in [-0.3, -0.25) is 0 Å².